The Morgan fingerprint density at radius 3 is 2.53 bits per heavy atom. The Kier molecular flexibility index (Phi) is 3.29. The zero-order valence-electron chi connectivity index (χ0n) is 11.0. The second-order valence-corrected chi connectivity index (χ2v) is 4.71. The Labute approximate surface area is 112 Å². The van der Waals surface area contributed by atoms with E-state index in [-0.39, 0.29) is 0 Å². The van der Waals surface area contributed by atoms with Crippen LogP contribution in [0.4, 0.5) is 0 Å². The van der Waals surface area contributed by atoms with E-state index in [0.717, 1.165) is 13.1 Å². The first-order valence-corrected chi connectivity index (χ1v) is 6.50. The molecule has 0 saturated carbocycles. The van der Waals surface area contributed by atoms with Gasteiger partial charge in [-0.05, 0) is 24.2 Å². The number of para-hydroxylation sites is 1. The summed E-state index contributed by atoms with van der Waals surface area (Å²) >= 11 is 0. The predicted molar refractivity (Wildman–Crippen MR) is 78.0 cm³/mol. The van der Waals surface area contributed by atoms with E-state index in [0.29, 0.717) is 0 Å². The molecule has 0 unspecified atom stereocenters. The Morgan fingerprint density at radius 2 is 1.74 bits per heavy atom. The molecule has 3 nitrogen and oxygen atoms in total. The van der Waals surface area contributed by atoms with Crippen molar-refractivity contribution in [1.29, 1.82) is 0 Å². The van der Waals surface area contributed by atoms with Gasteiger partial charge in [-0.25, -0.2) is 0 Å². The van der Waals surface area contributed by atoms with Gasteiger partial charge in [0.2, 0.25) is 0 Å². The van der Waals surface area contributed by atoms with Crippen LogP contribution in [0, 0.1) is 0 Å². The lowest BCUT2D eigenvalue weighted by Crippen LogP contribution is -2.05. The summed E-state index contributed by atoms with van der Waals surface area (Å²) in [5, 5.41) is 8.80. The van der Waals surface area contributed by atoms with Gasteiger partial charge in [0.25, 0.3) is 0 Å². The zero-order valence-corrected chi connectivity index (χ0v) is 11.0. The van der Waals surface area contributed by atoms with Gasteiger partial charge in [0, 0.05) is 11.9 Å². The minimum atomic E-state index is 0.813. The van der Waals surface area contributed by atoms with Gasteiger partial charge in [0.15, 0.2) is 0 Å². The fourth-order valence-corrected chi connectivity index (χ4v) is 2.29. The number of benzene rings is 2. The molecule has 0 saturated heterocycles. The molecule has 0 atom stereocenters. The third-order valence-electron chi connectivity index (χ3n) is 3.29. The Hall–Kier alpha value is -2.13. The lowest BCUT2D eigenvalue weighted by Gasteiger charge is -2.05. The highest BCUT2D eigenvalue weighted by molar-refractivity contribution is 5.78. The largest absolute Gasteiger partial charge is 0.316 e. The first-order valence-electron chi connectivity index (χ1n) is 6.50. The highest BCUT2D eigenvalue weighted by Gasteiger charge is 2.02. The third-order valence-corrected chi connectivity index (χ3v) is 3.29. The van der Waals surface area contributed by atoms with Crippen LogP contribution in [-0.4, -0.2) is 16.8 Å². The molecule has 0 fully saturated rings. The molecule has 19 heavy (non-hydrogen) atoms. The third kappa shape index (κ3) is 2.51. The SMILES string of the molecule is CNCc1ccc(Cn2ncc3ccccc32)cc1. The Morgan fingerprint density at radius 1 is 1.00 bits per heavy atom. The molecule has 0 spiro atoms. The smallest absolute Gasteiger partial charge is 0.0686 e. The van der Waals surface area contributed by atoms with Crippen molar-refractivity contribution >= 4 is 10.9 Å². The van der Waals surface area contributed by atoms with Gasteiger partial charge in [-0.1, -0.05) is 42.5 Å². The summed E-state index contributed by atoms with van der Waals surface area (Å²) in [6.07, 6.45) is 1.92. The van der Waals surface area contributed by atoms with Crippen LogP contribution in [0.2, 0.25) is 0 Å². The fraction of sp³-hybridized carbons (Fsp3) is 0.188. The van der Waals surface area contributed by atoms with Crippen LogP contribution in [0.15, 0.2) is 54.7 Å². The first kappa shape index (κ1) is 11.9. The highest BCUT2D eigenvalue weighted by Crippen LogP contribution is 2.14. The molecule has 96 valence electrons. The van der Waals surface area contributed by atoms with Crippen molar-refractivity contribution in [2.24, 2.45) is 0 Å². The van der Waals surface area contributed by atoms with Crippen LogP contribution in [-0.2, 0) is 13.1 Å². The minimum Gasteiger partial charge on any atom is -0.316 e. The van der Waals surface area contributed by atoms with E-state index >= 15 is 0 Å². The maximum Gasteiger partial charge on any atom is 0.0686 e. The normalized spacial score (nSPS) is 11.0. The highest BCUT2D eigenvalue weighted by atomic mass is 15.3. The number of hydrogen-bond acceptors (Lipinski definition) is 2. The van der Waals surface area contributed by atoms with Crippen LogP contribution >= 0.6 is 0 Å². The molecule has 3 rings (SSSR count). The first-order chi connectivity index (χ1) is 9.36. The van der Waals surface area contributed by atoms with E-state index < -0.39 is 0 Å². The van der Waals surface area contributed by atoms with E-state index in [2.05, 4.69) is 52.9 Å². The molecule has 1 N–H and O–H groups in total. The number of nitrogens with zero attached hydrogens (tertiary/aromatic N) is 2. The quantitative estimate of drug-likeness (QED) is 0.772. The van der Waals surface area contributed by atoms with E-state index in [9.17, 15) is 0 Å². The lowest BCUT2D eigenvalue weighted by molar-refractivity contribution is 0.711. The molecule has 0 aliphatic carbocycles. The maximum absolute atomic E-state index is 4.45. The molecule has 1 aromatic heterocycles. The number of hydrogen-bond donors (Lipinski definition) is 1. The van der Waals surface area contributed by atoms with E-state index in [1.807, 2.05) is 24.0 Å². The molecular formula is C16H17N3. The number of rotatable bonds is 4. The second kappa shape index (κ2) is 5.24. The van der Waals surface area contributed by atoms with Crippen molar-refractivity contribution in [3.8, 4) is 0 Å². The van der Waals surface area contributed by atoms with E-state index in [1.165, 1.54) is 22.0 Å². The number of aromatic nitrogens is 2. The molecule has 0 amide bonds. The van der Waals surface area contributed by atoms with Crippen LogP contribution in [0.3, 0.4) is 0 Å². The number of nitrogens with one attached hydrogen (secondary N) is 1. The minimum absolute atomic E-state index is 0.813. The van der Waals surface area contributed by atoms with Crippen molar-refractivity contribution in [1.82, 2.24) is 15.1 Å². The van der Waals surface area contributed by atoms with Crippen molar-refractivity contribution in [2.45, 2.75) is 13.1 Å². The molecule has 3 aromatic rings. The lowest BCUT2D eigenvalue weighted by atomic mass is 10.1. The Bertz CT molecular complexity index is 668. The summed E-state index contributed by atoms with van der Waals surface area (Å²) < 4.78 is 2.04. The molecule has 1 heterocycles. The summed E-state index contributed by atoms with van der Waals surface area (Å²) in [6.45, 7) is 1.72. The van der Waals surface area contributed by atoms with Gasteiger partial charge in [-0.2, -0.15) is 5.10 Å². The predicted octanol–water partition coefficient (Wildman–Crippen LogP) is 2.80. The summed E-state index contributed by atoms with van der Waals surface area (Å²) in [7, 11) is 1.96. The topological polar surface area (TPSA) is 29.9 Å². The molecule has 0 bridgehead atoms. The fourth-order valence-electron chi connectivity index (χ4n) is 2.29. The van der Waals surface area contributed by atoms with Crippen molar-refractivity contribution in [3.05, 3.63) is 65.9 Å². The monoisotopic (exact) mass is 251 g/mol. The number of fused-ring (bicyclic) bond motifs is 1. The van der Waals surface area contributed by atoms with Crippen LogP contribution in [0.1, 0.15) is 11.1 Å². The molecule has 0 aliphatic rings. The second-order valence-electron chi connectivity index (χ2n) is 4.71. The van der Waals surface area contributed by atoms with Gasteiger partial charge < -0.3 is 5.32 Å². The van der Waals surface area contributed by atoms with E-state index in [1.54, 1.807) is 0 Å². The molecule has 3 heteroatoms. The standard InChI is InChI=1S/C16H17N3/c1-17-10-13-6-8-14(9-7-13)12-19-16-5-3-2-4-15(16)11-18-19/h2-9,11,17H,10,12H2,1H3. The van der Waals surface area contributed by atoms with Gasteiger partial charge in [-0.3, -0.25) is 4.68 Å². The average molecular weight is 251 g/mol. The van der Waals surface area contributed by atoms with Gasteiger partial charge >= 0.3 is 0 Å². The van der Waals surface area contributed by atoms with Crippen molar-refractivity contribution < 1.29 is 0 Å². The van der Waals surface area contributed by atoms with Crippen molar-refractivity contribution in [3.63, 3.8) is 0 Å². The summed E-state index contributed by atoms with van der Waals surface area (Å²) in [5.41, 5.74) is 3.76. The zero-order chi connectivity index (χ0) is 13.1. The molecular weight excluding hydrogens is 234 g/mol. The Balaban J connectivity index is 1.84. The molecule has 0 radical (unpaired) electrons. The van der Waals surface area contributed by atoms with Gasteiger partial charge in [-0.15, -0.1) is 0 Å². The van der Waals surface area contributed by atoms with Crippen LogP contribution in [0.25, 0.3) is 10.9 Å². The van der Waals surface area contributed by atoms with Gasteiger partial charge in [0.1, 0.15) is 0 Å². The summed E-state index contributed by atoms with van der Waals surface area (Å²) in [6, 6.07) is 17.0. The summed E-state index contributed by atoms with van der Waals surface area (Å²) in [4.78, 5) is 0. The van der Waals surface area contributed by atoms with E-state index in [4.69, 9.17) is 0 Å². The molecule has 2 aromatic carbocycles. The average Bonchev–Trinajstić information content (AvgIpc) is 2.85. The van der Waals surface area contributed by atoms with Gasteiger partial charge in [0.05, 0.1) is 18.3 Å². The maximum atomic E-state index is 4.45. The summed E-state index contributed by atoms with van der Waals surface area (Å²) in [5.74, 6) is 0. The van der Waals surface area contributed by atoms with Crippen molar-refractivity contribution in [2.75, 3.05) is 7.05 Å². The van der Waals surface area contributed by atoms with Crippen LogP contribution in [0.5, 0.6) is 0 Å². The van der Waals surface area contributed by atoms with Crippen LogP contribution < -0.4 is 5.32 Å². The molecule has 0 aliphatic heterocycles.